The number of hydrogen-bond acceptors (Lipinski definition) is 4. The molecule has 0 aliphatic heterocycles. The van der Waals surface area contributed by atoms with Crippen molar-refractivity contribution in [3.05, 3.63) is 29.6 Å². The van der Waals surface area contributed by atoms with Gasteiger partial charge in [-0.25, -0.2) is 9.78 Å². The molecule has 0 atom stereocenters. The van der Waals surface area contributed by atoms with Crippen molar-refractivity contribution in [3.8, 4) is 11.8 Å². The smallest absolute Gasteiger partial charge is 0.356 e. The Morgan fingerprint density at radius 3 is 3.13 bits per heavy atom. The third kappa shape index (κ3) is 3.41. The molecular weight excluding hydrogens is 192 g/mol. The topological polar surface area (TPSA) is 51.2 Å². The molecule has 0 saturated heterocycles. The molecule has 0 aromatic carbocycles. The van der Waals surface area contributed by atoms with Gasteiger partial charge in [-0.05, 0) is 19.2 Å². The summed E-state index contributed by atoms with van der Waals surface area (Å²) in [6.07, 6.45) is 1.54. The second kappa shape index (κ2) is 5.78. The average Bonchev–Trinajstić information content (AvgIpc) is 2.29. The van der Waals surface area contributed by atoms with E-state index in [0.29, 0.717) is 6.54 Å². The Bertz CT molecular complexity index is 405. The van der Waals surface area contributed by atoms with Crippen LogP contribution in [0.3, 0.4) is 0 Å². The Hall–Kier alpha value is -1.86. The number of ether oxygens (including phenoxy) is 1. The minimum atomic E-state index is -0.452. The molecule has 0 spiro atoms. The lowest BCUT2D eigenvalue weighted by molar-refractivity contribution is 0.0594. The normalized spacial score (nSPS) is 8.93. The summed E-state index contributed by atoms with van der Waals surface area (Å²) >= 11 is 0. The van der Waals surface area contributed by atoms with E-state index in [2.05, 4.69) is 26.9 Å². The van der Waals surface area contributed by atoms with Crippen LogP contribution in [0.25, 0.3) is 0 Å². The minimum absolute atomic E-state index is 0.272. The molecule has 1 N–H and O–H groups in total. The number of esters is 1. The fourth-order valence-electron chi connectivity index (χ4n) is 0.959. The van der Waals surface area contributed by atoms with Gasteiger partial charge in [-0.2, -0.15) is 0 Å². The minimum Gasteiger partial charge on any atom is -0.464 e. The second-order valence-corrected chi connectivity index (χ2v) is 2.75. The first-order chi connectivity index (χ1) is 7.27. The zero-order chi connectivity index (χ0) is 11.1. The standard InChI is InChI=1S/C11H12N2O2/c1-12-6-3-4-9-5-7-13-10(8-9)11(14)15-2/h5,7-8,12H,6H2,1-2H3. The molecule has 1 aromatic rings. The number of carbonyl (C=O) groups excluding carboxylic acids is 1. The highest BCUT2D eigenvalue weighted by Gasteiger charge is 2.05. The van der Waals surface area contributed by atoms with E-state index in [1.54, 1.807) is 12.1 Å². The van der Waals surface area contributed by atoms with Gasteiger partial charge in [0.05, 0.1) is 13.7 Å². The summed E-state index contributed by atoms with van der Waals surface area (Å²) in [5, 5.41) is 2.91. The number of pyridine rings is 1. The lowest BCUT2D eigenvalue weighted by atomic mass is 10.2. The summed E-state index contributed by atoms with van der Waals surface area (Å²) < 4.78 is 4.55. The SMILES string of the molecule is CNCC#Cc1ccnc(C(=O)OC)c1. The lowest BCUT2D eigenvalue weighted by Gasteiger charge is -1.97. The molecule has 1 heterocycles. The van der Waals surface area contributed by atoms with Gasteiger partial charge in [0.25, 0.3) is 0 Å². The number of aromatic nitrogens is 1. The van der Waals surface area contributed by atoms with E-state index >= 15 is 0 Å². The molecule has 0 bridgehead atoms. The molecular formula is C11H12N2O2. The molecule has 0 aliphatic carbocycles. The monoisotopic (exact) mass is 204 g/mol. The van der Waals surface area contributed by atoms with Crippen molar-refractivity contribution in [1.82, 2.24) is 10.3 Å². The van der Waals surface area contributed by atoms with E-state index in [4.69, 9.17) is 0 Å². The van der Waals surface area contributed by atoms with Crippen LogP contribution in [-0.2, 0) is 4.74 Å². The number of methoxy groups -OCH3 is 1. The lowest BCUT2D eigenvalue weighted by Crippen LogP contribution is -2.05. The first kappa shape index (κ1) is 11.2. The van der Waals surface area contributed by atoms with Gasteiger partial charge in [-0.1, -0.05) is 11.8 Å². The van der Waals surface area contributed by atoms with Crippen LogP contribution in [-0.4, -0.2) is 31.7 Å². The van der Waals surface area contributed by atoms with Crippen molar-refractivity contribution >= 4 is 5.97 Å². The Morgan fingerprint density at radius 1 is 1.67 bits per heavy atom. The predicted octanol–water partition coefficient (Wildman–Crippen LogP) is 0.439. The molecule has 0 amide bonds. The Morgan fingerprint density at radius 2 is 2.47 bits per heavy atom. The van der Waals surface area contributed by atoms with Crippen LogP contribution in [0.5, 0.6) is 0 Å². The van der Waals surface area contributed by atoms with Crippen LogP contribution < -0.4 is 5.32 Å². The van der Waals surface area contributed by atoms with Gasteiger partial charge in [0.15, 0.2) is 0 Å². The average molecular weight is 204 g/mol. The third-order valence-electron chi connectivity index (χ3n) is 1.65. The highest BCUT2D eigenvalue weighted by molar-refractivity contribution is 5.87. The van der Waals surface area contributed by atoms with Gasteiger partial charge < -0.3 is 10.1 Å². The molecule has 15 heavy (non-hydrogen) atoms. The molecule has 1 rings (SSSR count). The maximum Gasteiger partial charge on any atom is 0.356 e. The first-order valence-electron chi connectivity index (χ1n) is 4.45. The van der Waals surface area contributed by atoms with E-state index in [0.717, 1.165) is 5.56 Å². The highest BCUT2D eigenvalue weighted by Crippen LogP contribution is 2.01. The Labute approximate surface area is 88.7 Å². The molecule has 0 fully saturated rings. The van der Waals surface area contributed by atoms with Gasteiger partial charge in [-0.15, -0.1) is 0 Å². The first-order valence-corrected chi connectivity index (χ1v) is 4.45. The summed E-state index contributed by atoms with van der Waals surface area (Å²) in [5.74, 6) is 5.35. The summed E-state index contributed by atoms with van der Waals surface area (Å²) in [7, 11) is 3.14. The van der Waals surface area contributed by atoms with Gasteiger partial charge >= 0.3 is 5.97 Å². The number of carbonyl (C=O) groups is 1. The summed E-state index contributed by atoms with van der Waals surface area (Å²) in [5.41, 5.74) is 1.02. The van der Waals surface area contributed by atoms with Gasteiger partial charge in [0, 0.05) is 11.8 Å². The van der Waals surface area contributed by atoms with E-state index in [9.17, 15) is 4.79 Å². The van der Waals surface area contributed by atoms with Crippen molar-refractivity contribution in [2.45, 2.75) is 0 Å². The molecule has 4 nitrogen and oxygen atoms in total. The zero-order valence-corrected chi connectivity index (χ0v) is 8.70. The van der Waals surface area contributed by atoms with Crippen LogP contribution in [0, 0.1) is 11.8 Å². The molecule has 0 saturated carbocycles. The van der Waals surface area contributed by atoms with Crippen LogP contribution in [0.15, 0.2) is 18.3 Å². The van der Waals surface area contributed by atoms with Crippen molar-refractivity contribution in [2.24, 2.45) is 0 Å². The fourth-order valence-corrected chi connectivity index (χ4v) is 0.959. The van der Waals surface area contributed by atoms with Crippen LogP contribution in [0.4, 0.5) is 0 Å². The van der Waals surface area contributed by atoms with E-state index in [1.807, 2.05) is 7.05 Å². The largest absolute Gasteiger partial charge is 0.464 e. The van der Waals surface area contributed by atoms with E-state index in [-0.39, 0.29) is 5.69 Å². The zero-order valence-electron chi connectivity index (χ0n) is 8.70. The van der Waals surface area contributed by atoms with Crippen molar-refractivity contribution in [1.29, 1.82) is 0 Å². The quantitative estimate of drug-likeness (QED) is 0.561. The molecule has 78 valence electrons. The van der Waals surface area contributed by atoms with E-state index in [1.165, 1.54) is 13.3 Å². The molecule has 4 heteroatoms. The second-order valence-electron chi connectivity index (χ2n) is 2.75. The number of nitrogens with one attached hydrogen (secondary N) is 1. The van der Waals surface area contributed by atoms with Crippen LogP contribution in [0.2, 0.25) is 0 Å². The molecule has 0 unspecified atom stereocenters. The van der Waals surface area contributed by atoms with Crippen LogP contribution >= 0.6 is 0 Å². The molecule has 0 aliphatic rings. The summed E-state index contributed by atoms with van der Waals surface area (Å²) in [4.78, 5) is 15.0. The summed E-state index contributed by atoms with van der Waals surface area (Å²) in [6.45, 7) is 0.607. The molecule has 1 aromatic heterocycles. The molecule has 0 radical (unpaired) electrons. The third-order valence-corrected chi connectivity index (χ3v) is 1.65. The maximum absolute atomic E-state index is 11.2. The van der Waals surface area contributed by atoms with Crippen molar-refractivity contribution in [2.75, 3.05) is 20.7 Å². The predicted molar refractivity (Wildman–Crippen MR) is 56.4 cm³/mol. The Kier molecular flexibility index (Phi) is 4.32. The maximum atomic E-state index is 11.2. The highest BCUT2D eigenvalue weighted by atomic mass is 16.5. The Balaban J connectivity index is 2.84. The number of hydrogen-bond donors (Lipinski definition) is 1. The summed E-state index contributed by atoms with van der Waals surface area (Å²) in [6, 6.07) is 3.35. The van der Waals surface area contributed by atoms with Crippen molar-refractivity contribution in [3.63, 3.8) is 0 Å². The fraction of sp³-hybridized carbons (Fsp3) is 0.273. The van der Waals surface area contributed by atoms with Crippen LogP contribution in [0.1, 0.15) is 16.1 Å². The van der Waals surface area contributed by atoms with Crippen molar-refractivity contribution < 1.29 is 9.53 Å². The van der Waals surface area contributed by atoms with Gasteiger partial charge in [-0.3, -0.25) is 0 Å². The van der Waals surface area contributed by atoms with Gasteiger partial charge in [0.2, 0.25) is 0 Å². The van der Waals surface area contributed by atoms with Gasteiger partial charge in [0.1, 0.15) is 5.69 Å². The van der Waals surface area contributed by atoms with E-state index < -0.39 is 5.97 Å². The number of nitrogens with zero attached hydrogens (tertiary/aromatic N) is 1. The number of rotatable bonds is 2.